The van der Waals surface area contributed by atoms with Crippen LogP contribution in [0, 0.1) is 11.8 Å². The lowest BCUT2D eigenvalue weighted by atomic mass is 9.95. The molecule has 0 radical (unpaired) electrons. The first-order chi connectivity index (χ1) is 18.3. The molecule has 0 saturated carbocycles. The predicted octanol–water partition coefficient (Wildman–Crippen LogP) is 4.63. The van der Waals surface area contributed by atoms with Crippen LogP contribution in [0.4, 0.5) is 13.2 Å². The molecule has 0 aliphatic carbocycles. The smallest absolute Gasteiger partial charge is 0.382 e. The highest BCUT2D eigenvalue weighted by Crippen LogP contribution is 2.36. The third kappa shape index (κ3) is 6.50. The molecule has 39 heavy (non-hydrogen) atoms. The number of carbonyl (C=O) groups is 3. The van der Waals surface area contributed by atoms with E-state index in [0.29, 0.717) is 16.1 Å². The van der Waals surface area contributed by atoms with Gasteiger partial charge in [-0.05, 0) is 17.9 Å². The molecule has 2 aromatic rings. The molecule has 0 fully saturated rings. The van der Waals surface area contributed by atoms with E-state index in [2.05, 4.69) is 0 Å². The molecule has 0 aromatic heterocycles. The normalized spacial score (nSPS) is 17.8. The molecule has 0 spiro atoms. The van der Waals surface area contributed by atoms with Crippen LogP contribution >= 0.6 is 0 Å². The lowest BCUT2D eigenvalue weighted by Crippen LogP contribution is -2.65. The maximum Gasteiger partial charge on any atom is 0.416 e. The largest absolute Gasteiger partial charge is 0.416 e. The van der Waals surface area contributed by atoms with Gasteiger partial charge >= 0.3 is 6.18 Å². The topological polar surface area (TPSA) is 81.2 Å². The molecule has 2 unspecified atom stereocenters. The molecule has 3 amide bonds. The van der Waals surface area contributed by atoms with Crippen molar-refractivity contribution in [2.45, 2.75) is 65.4 Å². The SMILES string of the molecule is CC(=O)N(C(Cc1ccccc1)C(O)C(F)(F)F)N1C(=O)[C@@H](C(C)C)N(C(=O)C(C)C)C=C1c1ccccc1. The zero-order valence-corrected chi connectivity index (χ0v) is 22.6. The van der Waals surface area contributed by atoms with Crippen LogP contribution < -0.4 is 0 Å². The summed E-state index contributed by atoms with van der Waals surface area (Å²) in [5, 5.41) is 12.2. The Kier molecular flexibility index (Phi) is 9.22. The van der Waals surface area contributed by atoms with Gasteiger partial charge in [-0.3, -0.25) is 14.4 Å². The number of hydrazine groups is 1. The fraction of sp³-hybridized carbons (Fsp3) is 0.414. The van der Waals surface area contributed by atoms with Crippen molar-refractivity contribution in [2.75, 3.05) is 0 Å². The molecular formula is C29H34F3N3O4. The van der Waals surface area contributed by atoms with Crippen LogP contribution in [-0.4, -0.2) is 62.1 Å². The van der Waals surface area contributed by atoms with Crippen molar-refractivity contribution >= 4 is 23.4 Å². The van der Waals surface area contributed by atoms with Crippen LogP contribution in [0.15, 0.2) is 66.9 Å². The average Bonchev–Trinajstić information content (AvgIpc) is 2.88. The maximum absolute atomic E-state index is 14.2. The second-order valence-electron chi connectivity index (χ2n) is 10.2. The summed E-state index contributed by atoms with van der Waals surface area (Å²) in [5.74, 6) is -2.88. The number of rotatable bonds is 8. The lowest BCUT2D eigenvalue weighted by Gasteiger charge is -2.48. The number of hydrogen-bond acceptors (Lipinski definition) is 4. The van der Waals surface area contributed by atoms with Crippen molar-refractivity contribution in [2.24, 2.45) is 11.8 Å². The molecule has 7 nitrogen and oxygen atoms in total. The first-order valence-corrected chi connectivity index (χ1v) is 12.8. The molecule has 2 aromatic carbocycles. The monoisotopic (exact) mass is 545 g/mol. The number of nitrogens with zero attached hydrogens (tertiary/aromatic N) is 3. The van der Waals surface area contributed by atoms with Gasteiger partial charge in [-0.2, -0.15) is 13.2 Å². The Balaban J connectivity index is 2.29. The van der Waals surface area contributed by atoms with E-state index in [1.165, 1.54) is 11.1 Å². The molecule has 210 valence electrons. The van der Waals surface area contributed by atoms with E-state index in [-0.39, 0.29) is 18.0 Å². The van der Waals surface area contributed by atoms with Gasteiger partial charge in [0.25, 0.3) is 5.91 Å². The molecule has 3 rings (SSSR count). The summed E-state index contributed by atoms with van der Waals surface area (Å²) in [6.07, 6.45) is -7.01. The fourth-order valence-corrected chi connectivity index (χ4v) is 4.69. The molecular weight excluding hydrogens is 511 g/mol. The summed E-state index contributed by atoms with van der Waals surface area (Å²) >= 11 is 0. The van der Waals surface area contributed by atoms with Crippen LogP contribution in [0.2, 0.25) is 0 Å². The number of aliphatic hydroxyl groups is 1. The first kappa shape index (κ1) is 29.9. The average molecular weight is 546 g/mol. The molecule has 3 atom stereocenters. The van der Waals surface area contributed by atoms with E-state index in [1.807, 2.05) is 0 Å². The van der Waals surface area contributed by atoms with E-state index in [1.54, 1.807) is 88.4 Å². The molecule has 1 aliphatic heterocycles. The van der Waals surface area contributed by atoms with Crippen LogP contribution in [0.3, 0.4) is 0 Å². The number of alkyl halides is 3. The Hall–Kier alpha value is -3.66. The Labute approximate surface area is 226 Å². The molecule has 1 aliphatic rings. The number of amides is 3. The molecule has 1 N–H and O–H groups in total. The molecule has 0 saturated heterocycles. The van der Waals surface area contributed by atoms with Gasteiger partial charge in [-0.15, -0.1) is 0 Å². The van der Waals surface area contributed by atoms with Gasteiger partial charge in [0, 0.05) is 24.6 Å². The molecule has 10 heteroatoms. The number of aliphatic hydroxyl groups excluding tert-OH is 1. The minimum atomic E-state index is -5.08. The van der Waals surface area contributed by atoms with Gasteiger partial charge < -0.3 is 10.0 Å². The van der Waals surface area contributed by atoms with Crippen molar-refractivity contribution in [3.05, 3.63) is 78.0 Å². The minimum absolute atomic E-state index is 0.0501. The third-order valence-electron chi connectivity index (χ3n) is 6.54. The van der Waals surface area contributed by atoms with E-state index in [4.69, 9.17) is 0 Å². The Morgan fingerprint density at radius 1 is 0.974 bits per heavy atom. The summed E-state index contributed by atoms with van der Waals surface area (Å²) in [4.78, 5) is 41.9. The van der Waals surface area contributed by atoms with Gasteiger partial charge in [0.2, 0.25) is 11.8 Å². The summed E-state index contributed by atoms with van der Waals surface area (Å²) in [7, 11) is 0. The second-order valence-corrected chi connectivity index (χ2v) is 10.2. The quantitative estimate of drug-likeness (QED) is 0.525. The first-order valence-electron chi connectivity index (χ1n) is 12.8. The predicted molar refractivity (Wildman–Crippen MR) is 140 cm³/mol. The molecule has 0 bridgehead atoms. The van der Waals surface area contributed by atoms with Crippen molar-refractivity contribution in [3.63, 3.8) is 0 Å². The van der Waals surface area contributed by atoms with E-state index in [0.717, 1.165) is 11.9 Å². The van der Waals surface area contributed by atoms with Gasteiger partial charge in [0.1, 0.15) is 6.04 Å². The zero-order chi connectivity index (χ0) is 29.1. The number of hydrogen-bond donors (Lipinski definition) is 1. The number of halogens is 3. The van der Waals surface area contributed by atoms with Crippen LogP contribution in [0.1, 0.15) is 45.7 Å². The van der Waals surface area contributed by atoms with E-state index < -0.39 is 48.0 Å². The van der Waals surface area contributed by atoms with Crippen molar-refractivity contribution < 1.29 is 32.7 Å². The Morgan fingerprint density at radius 3 is 1.97 bits per heavy atom. The third-order valence-corrected chi connectivity index (χ3v) is 6.54. The Bertz CT molecular complexity index is 1200. The second kappa shape index (κ2) is 12.0. The van der Waals surface area contributed by atoms with Crippen LogP contribution in [-0.2, 0) is 20.8 Å². The highest BCUT2D eigenvalue weighted by Gasteiger charge is 2.51. The van der Waals surface area contributed by atoms with Crippen molar-refractivity contribution in [3.8, 4) is 0 Å². The van der Waals surface area contributed by atoms with Gasteiger partial charge in [0.15, 0.2) is 6.10 Å². The summed E-state index contributed by atoms with van der Waals surface area (Å²) in [6.45, 7) is 7.85. The minimum Gasteiger partial charge on any atom is -0.382 e. The Morgan fingerprint density at radius 2 is 1.51 bits per heavy atom. The molecule has 1 heterocycles. The van der Waals surface area contributed by atoms with Crippen LogP contribution in [0.25, 0.3) is 5.70 Å². The lowest BCUT2D eigenvalue weighted by molar-refractivity contribution is -0.232. The van der Waals surface area contributed by atoms with Gasteiger partial charge in [0.05, 0.1) is 11.7 Å². The van der Waals surface area contributed by atoms with Crippen molar-refractivity contribution in [1.82, 2.24) is 14.9 Å². The fourth-order valence-electron chi connectivity index (χ4n) is 4.69. The maximum atomic E-state index is 14.2. The number of benzene rings is 2. The highest BCUT2D eigenvalue weighted by molar-refractivity contribution is 5.98. The summed E-state index contributed by atoms with van der Waals surface area (Å²) in [6, 6.07) is 13.5. The standard InChI is InChI=1S/C29H34F3N3O4/c1-18(2)25-28(39)35(24(22-14-10-7-11-15-22)17-33(25)27(38)19(3)4)34(20(5)36)23(26(37)29(30,31)32)16-21-12-8-6-9-13-21/h6-15,17-19,23,25-26,37H,16H2,1-5H3/t23?,25-,26?/m1/s1. The van der Waals surface area contributed by atoms with E-state index >= 15 is 0 Å². The zero-order valence-electron chi connectivity index (χ0n) is 22.6. The van der Waals surface area contributed by atoms with Crippen LogP contribution in [0.5, 0.6) is 0 Å². The summed E-state index contributed by atoms with van der Waals surface area (Å²) in [5.41, 5.74) is 0.888. The van der Waals surface area contributed by atoms with Gasteiger partial charge in [-0.1, -0.05) is 88.4 Å². The van der Waals surface area contributed by atoms with E-state index in [9.17, 15) is 32.7 Å². The van der Waals surface area contributed by atoms with Crippen molar-refractivity contribution in [1.29, 1.82) is 0 Å². The summed E-state index contributed by atoms with van der Waals surface area (Å²) < 4.78 is 42.0. The highest BCUT2D eigenvalue weighted by atomic mass is 19.4. The van der Waals surface area contributed by atoms with Gasteiger partial charge in [-0.25, -0.2) is 10.0 Å². The number of carbonyl (C=O) groups excluding carboxylic acids is 3.